The monoisotopic (exact) mass is 388 g/mol. The zero-order valence-electron chi connectivity index (χ0n) is 14.5. The van der Waals surface area contributed by atoms with Crippen molar-refractivity contribution >= 4 is 27.6 Å². The number of amides is 1. The quantitative estimate of drug-likeness (QED) is 0.673. The van der Waals surface area contributed by atoms with Gasteiger partial charge in [-0.15, -0.1) is 0 Å². The molecule has 1 saturated carbocycles. The molecular formula is C19H20N2O5S. The molecule has 0 saturated heterocycles. The van der Waals surface area contributed by atoms with E-state index in [1.165, 1.54) is 12.1 Å². The van der Waals surface area contributed by atoms with Gasteiger partial charge in [0.25, 0.3) is 10.0 Å². The van der Waals surface area contributed by atoms with Gasteiger partial charge in [-0.2, -0.15) is 0 Å². The normalized spacial score (nSPS) is 19.0. The average Bonchev–Trinajstić information content (AvgIpc) is 2.60. The number of para-hydroxylation sites is 1. The largest absolute Gasteiger partial charge is 0.481 e. The summed E-state index contributed by atoms with van der Waals surface area (Å²) in [6.45, 7) is 0.106. The van der Waals surface area contributed by atoms with Crippen LogP contribution in [0.15, 0.2) is 59.5 Å². The highest BCUT2D eigenvalue weighted by Gasteiger charge is 2.41. The molecule has 1 amide bonds. The van der Waals surface area contributed by atoms with E-state index in [2.05, 4.69) is 10.0 Å². The second kappa shape index (κ2) is 7.79. The molecule has 1 aliphatic carbocycles. The summed E-state index contributed by atoms with van der Waals surface area (Å²) in [6.07, 6.45) is 1.05. The Kier molecular flexibility index (Phi) is 5.46. The lowest BCUT2D eigenvalue weighted by molar-refractivity contribution is -0.152. The lowest BCUT2D eigenvalue weighted by Gasteiger charge is -2.32. The molecule has 0 aromatic heterocycles. The first-order chi connectivity index (χ1) is 12.9. The first kappa shape index (κ1) is 18.9. The minimum atomic E-state index is -3.74. The maximum Gasteiger partial charge on any atom is 0.307 e. The zero-order chi connectivity index (χ0) is 19.4. The third-order valence-corrected chi connectivity index (χ3v) is 6.08. The Morgan fingerprint density at radius 1 is 0.963 bits per heavy atom. The van der Waals surface area contributed by atoms with Crippen LogP contribution in [0.4, 0.5) is 5.69 Å². The zero-order valence-corrected chi connectivity index (χ0v) is 15.3. The highest BCUT2D eigenvalue weighted by molar-refractivity contribution is 7.92. The molecule has 3 N–H and O–H groups in total. The fourth-order valence-corrected chi connectivity index (χ4v) is 4.12. The fourth-order valence-electron chi connectivity index (χ4n) is 3.00. The van der Waals surface area contributed by atoms with Crippen molar-refractivity contribution in [2.45, 2.75) is 24.3 Å². The molecule has 7 nitrogen and oxygen atoms in total. The van der Waals surface area contributed by atoms with Gasteiger partial charge in [0.1, 0.15) is 0 Å². The van der Waals surface area contributed by atoms with E-state index in [-0.39, 0.29) is 17.3 Å². The third-order valence-electron chi connectivity index (χ3n) is 4.70. The number of nitrogens with one attached hydrogen (secondary N) is 2. The van der Waals surface area contributed by atoms with Gasteiger partial charge in [0.05, 0.1) is 22.4 Å². The summed E-state index contributed by atoms with van der Waals surface area (Å²) in [5.74, 6) is -2.46. The van der Waals surface area contributed by atoms with Crippen molar-refractivity contribution in [2.24, 2.45) is 11.8 Å². The number of carbonyl (C=O) groups is 2. The highest BCUT2D eigenvalue weighted by Crippen LogP contribution is 2.34. The molecule has 0 spiro atoms. The number of hydrogen-bond donors (Lipinski definition) is 3. The number of carboxylic acids is 1. The van der Waals surface area contributed by atoms with E-state index in [4.69, 9.17) is 5.11 Å². The summed E-state index contributed by atoms with van der Waals surface area (Å²) in [5, 5.41) is 11.8. The van der Waals surface area contributed by atoms with Crippen molar-refractivity contribution in [1.82, 2.24) is 5.32 Å². The number of sulfonamides is 1. The van der Waals surface area contributed by atoms with Gasteiger partial charge >= 0.3 is 5.97 Å². The molecule has 8 heteroatoms. The molecule has 1 fully saturated rings. The maximum atomic E-state index is 12.5. The van der Waals surface area contributed by atoms with Gasteiger partial charge in [0.15, 0.2) is 0 Å². The summed E-state index contributed by atoms with van der Waals surface area (Å²) >= 11 is 0. The van der Waals surface area contributed by atoms with Crippen LogP contribution < -0.4 is 10.0 Å². The Labute approximate surface area is 157 Å². The standard InChI is InChI=1S/C19H20N2O5S/c22-18(15-10-11-16(15)19(23)24)20-12-13-6-4-5-9-17(13)21-27(25,26)14-7-2-1-3-8-14/h1-9,15-16,21H,10-12H2,(H,20,22)(H,23,24). The fraction of sp³-hybridized carbons (Fsp3) is 0.263. The summed E-state index contributed by atoms with van der Waals surface area (Å²) in [4.78, 5) is 23.4. The number of anilines is 1. The lowest BCUT2D eigenvalue weighted by Crippen LogP contribution is -2.43. The SMILES string of the molecule is O=C(O)C1CCC1C(=O)NCc1ccccc1NS(=O)(=O)c1ccccc1. The highest BCUT2D eigenvalue weighted by atomic mass is 32.2. The van der Waals surface area contributed by atoms with Gasteiger partial charge in [0.2, 0.25) is 5.91 Å². The molecule has 1 aliphatic rings. The summed E-state index contributed by atoms with van der Waals surface area (Å²) < 4.78 is 27.6. The van der Waals surface area contributed by atoms with E-state index in [0.717, 1.165) is 0 Å². The second-order valence-corrected chi connectivity index (χ2v) is 8.10. The van der Waals surface area contributed by atoms with Crippen molar-refractivity contribution in [2.75, 3.05) is 4.72 Å². The molecule has 0 aliphatic heterocycles. The van der Waals surface area contributed by atoms with Crippen LogP contribution >= 0.6 is 0 Å². The van der Waals surface area contributed by atoms with Crippen LogP contribution in [0.25, 0.3) is 0 Å². The smallest absolute Gasteiger partial charge is 0.307 e. The summed E-state index contributed by atoms with van der Waals surface area (Å²) in [7, 11) is -3.74. The van der Waals surface area contributed by atoms with Crippen LogP contribution in [0.1, 0.15) is 18.4 Å². The van der Waals surface area contributed by atoms with Gasteiger partial charge in [0, 0.05) is 6.54 Å². The van der Waals surface area contributed by atoms with Crippen molar-refractivity contribution in [3.8, 4) is 0 Å². The first-order valence-corrected chi connectivity index (χ1v) is 10.0. The Balaban J connectivity index is 1.70. The number of aliphatic carboxylic acids is 1. The van der Waals surface area contributed by atoms with E-state index in [0.29, 0.717) is 24.1 Å². The predicted molar refractivity (Wildman–Crippen MR) is 99.4 cm³/mol. The van der Waals surface area contributed by atoms with Gasteiger partial charge in [-0.1, -0.05) is 36.4 Å². The molecule has 142 valence electrons. The molecule has 2 aromatic rings. The minimum Gasteiger partial charge on any atom is -0.481 e. The van der Waals surface area contributed by atoms with E-state index in [9.17, 15) is 18.0 Å². The Hall–Kier alpha value is -2.87. The maximum absolute atomic E-state index is 12.5. The number of carbonyl (C=O) groups excluding carboxylic acids is 1. The second-order valence-electron chi connectivity index (χ2n) is 6.42. The molecule has 0 bridgehead atoms. The van der Waals surface area contributed by atoms with E-state index in [1.54, 1.807) is 42.5 Å². The van der Waals surface area contributed by atoms with Gasteiger partial charge < -0.3 is 10.4 Å². The van der Waals surface area contributed by atoms with Gasteiger partial charge in [-0.25, -0.2) is 8.42 Å². The van der Waals surface area contributed by atoms with Crippen LogP contribution in [0.5, 0.6) is 0 Å². The first-order valence-electron chi connectivity index (χ1n) is 8.55. The Bertz CT molecular complexity index is 944. The Morgan fingerprint density at radius 2 is 1.59 bits per heavy atom. The molecule has 2 aromatic carbocycles. The number of carboxylic acid groups (broad SMARTS) is 1. The van der Waals surface area contributed by atoms with E-state index < -0.39 is 27.8 Å². The topological polar surface area (TPSA) is 113 Å². The van der Waals surface area contributed by atoms with Crippen LogP contribution in [0.3, 0.4) is 0 Å². The molecule has 2 atom stereocenters. The third kappa shape index (κ3) is 4.28. The van der Waals surface area contributed by atoms with Crippen LogP contribution in [0.2, 0.25) is 0 Å². The van der Waals surface area contributed by atoms with Gasteiger partial charge in [-0.3, -0.25) is 14.3 Å². The van der Waals surface area contributed by atoms with E-state index in [1.807, 2.05) is 0 Å². The van der Waals surface area contributed by atoms with Crippen LogP contribution in [-0.4, -0.2) is 25.4 Å². The van der Waals surface area contributed by atoms with Gasteiger partial charge in [-0.05, 0) is 36.6 Å². The molecule has 3 rings (SSSR count). The molecule has 0 radical (unpaired) electrons. The number of benzene rings is 2. The van der Waals surface area contributed by atoms with Crippen molar-refractivity contribution < 1.29 is 23.1 Å². The number of hydrogen-bond acceptors (Lipinski definition) is 4. The van der Waals surface area contributed by atoms with Crippen LogP contribution in [-0.2, 0) is 26.2 Å². The Morgan fingerprint density at radius 3 is 2.22 bits per heavy atom. The van der Waals surface area contributed by atoms with Crippen molar-refractivity contribution in [1.29, 1.82) is 0 Å². The number of rotatable bonds is 7. The molecule has 27 heavy (non-hydrogen) atoms. The predicted octanol–water partition coefficient (Wildman–Crippen LogP) is 2.21. The van der Waals surface area contributed by atoms with Crippen molar-refractivity contribution in [3.63, 3.8) is 0 Å². The molecule has 0 heterocycles. The van der Waals surface area contributed by atoms with Crippen molar-refractivity contribution in [3.05, 3.63) is 60.2 Å². The average molecular weight is 388 g/mol. The van der Waals surface area contributed by atoms with E-state index >= 15 is 0 Å². The minimum absolute atomic E-state index is 0.106. The molecular weight excluding hydrogens is 368 g/mol. The summed E-state index contributed by atoms with van der Waals surface area (Å²) in [6, 6.07) is 14.8. The molecule has 2 unspecified atom stereocenters. The lowest BCUT2D eigenvalue weighted by atomic mass is 9.73. The van der Waals surface area contributed by atoms with Crippen LogP contribution in [0, 0.1) is 11.8 Å². The summed E-state index contributed by atoms with van der Waals surface area (Å²) in [5.41, 5.74) is 0.960.